The molecule has 0 fully saturated rings. The van der Waals surface area contributed by atoms with Crippen LogP contribution in [0.3, 0.4) is 0 Å². The molecule has 2 aromatic rings. The molecule has 0 aliphatic heterocycles. The molecule has 4 heteroatoms. The summed E-state index contributed by atoms with van der Waals surface area (Å²) in [6.45, 7) is 8.74. The Hall–Kier alpha value is -2.88. The highest BCUT2D eigenvalue weighted by Crippen LogP contribution is 2.15. The minimum Gasteiger partial charge on any atom is -0.484 e. The maximum atomic E-state index is 12.3. The molecular formula is C21H23NO3. The number of carbonyl (C=O) groups excluding carboxylic acids is 2. The van der Waals surface area contributed by atoms with Crippen molar-refractivity contribution in [1.29, 1.82) is 0 Å². The third-order valence-corrected chi connectivity index (χ3v) is 3.71. The van der Waals surface area contributed by atoms with Crippen molar-refractivity contribution in [1.82, 2.24) is 4.90 Å². The molecule has 0 aromatic heterocycles. The monoisotopic (exact) mass is 337 g/mol. The second-order valence-corrected chi connectivity index (χ2v) is 5.87. The van der Waals surface area contributed by atoms with Crippen molar-refractivity contribution in [2.45, 2.75) is 13.8 Å². The first-order chi connectivity index (χ1) is 12.0. The number of amides is 1. The zero-order chi connectivity index (χ0) is 18.2. The molecule has 0 spiro atoms. The normalized spacial score (nSPS) is 10.2. The minimum absolute atomic E-state index is 0.0346. The molecule has 1 amide bonds. The van der Waals surface area contributed by atoms with Gasteiger partial charge in [-0.05, 0) is 38.1 Å². The molecule has 0 saturated carbocycles. The average molecular weight is 337 g/mol. The van der Waals surface area contributed by atoms with Crippen LogP contribution in [-0.2, 0) is 4.79 Å². The Morgan fingerprint density at radius 2 is 1.60 bits per heavy atom. The van der Waals surface area contributed by atoms with Gasteiger partial charge in [-0.15, -0.1) is 0 Å². The number of ether oxygens (including phenoxy) is 1. The first-order valence-corrected chi connectivity index (χ1v) is 8.26. The summed E-state index contributed by atoms with van der Waals surface area (Å²) in [5, 5.41) is 0. The third-order valence-electron chi connectivity index (χ3n) is 3.71. The Labute approximate surface area is 148 Å². The lowest BCUT2D eigenvalue weighted by molar-refractivity contribution is -0.132. The molecule has 130 valence electrons. The van der Waals surface area contributed by atoms with Gasteiger partial charge in [0.05, 0.1) is 0 Å². The van der Waals surface area contributed by atoms with Gasteiger partial charge in [-0.2, -0.15) is 0 Å². The van der Waals surface area contributed by atoms with Gasteiger partial charge in [0.15, 0.2) is 12.4 Å². The number of hydrogen-bond acceptors (Lipinski definition) is 3. The van der Waals surface area contributed by atoms with E-state index in [4.69, 9.17) is 4.74 Å². The van der Waals surface area contributed by atoms with E-state index in [1.165, 1.54) is 0 Å². The Kier molecular flexibility index (Phi) is 6.52. The zero-order valence-corrected chi connectivity index (χ0v) is 14.7. The van der Waals surface area contributed by atoms with E-state index in [-0.39, 0.29) is 18.3 Å². The second-order valence-electron chi connectivity index (χ2n) is 5.87. The SMILES string of the molecule is C=C(C)CN(CC)C(=O)COc1ccc(C(=O)c2ccccc2)cc1. The van der Waals surface area contributed by atoms with Crippen LogP contribution in [0, 0.1) is 0 Å². The fraction of sp³-hybridized carbons (Fsp3) is 0.238. The van der Waals surface area contributed by atoms with Crippen LogP contribution in [0.15, 0.2) is 66.7 Å². The fourth-order valence-electron chi connectivity index (χ4n) is 2.40. The van der Waals surface area contributed by atoms with Crippen molar-refractivity contribution >= 4 is 11.7 Å². The molecule has 0 bridgehead atoms. The number of benzene rings is 2. The predicted octanol–water partition coefficient (Wildman–Crippen LogP) is 3.72. The highest BCUT2D eigenvalue weighted by molar-refractivity contribution is 6.08. The summed E-state index contributed by atoms with van der Waals surface area (Å²) in [5.74, 6) is 0.432. The van der Waals surface area contributed by atoms with Crippen molar-refractivity contribution < 1.29 is 14.3 Å². The van der Waals surface area contributed by atoms with Gasteiger partial charge in [0.25, 0.3) is 5.91 Å². The molecule has 0 atom stereocenters. The van der Waals surface area contributed by atoms with Gasteiger partial charge in [-0.1, -0.05) is 42.5 Å². The number of likely N-dealkylation sites (N-methyl/N-ethyl adjacent to an activating group) is 1. The van der Waals surface area contributed by atoms with Crippen molar-refractivity contribution in [3.8, 4) is 5.75 Å². The largest absolute Gasteiger partial charge is 0.484 e. The molecule has 0 N–H and O–H groups in total. The van der Waals surface area contributed by atoms with Crippen LogP contribution in [0.5, 0.6) is 5.75 Å². The van der Waals surface area contributed by atoms with Crippen LogP contribution in [0.1, 0.15) is 29.8 Å². The Morgan fingerprint density at radius 1 is 1.00 bits per heavy atom. The molecule has 0 aliphatic rings. The van der Waals surface area contributed by atoms with Gasteiger partial charge in [-0.25, -0.2) is 0 Å². The summed E-state index contributed by atoms with van der Waals surface area (Å²) in [4.78, 5) is 26.2. The van der Waals surface area contributed by atoms with E-state index in [1.807, 2.05) is 32.0 Å². The molecule has 0 unspecified atom stereocenters. The quantitative estimate of drug-likeness (QED) is 0.545. The lowest BCUT2D eigenvalue weighted by Crippen LogP contribution is -2.35. The van der Waals surface area contributed by atoms with E-state index < -0.39 is 0 Å². The van der Waals surface area contributed by atoms with Gasteiger partial charge in [-0.3, -0.25) is 9.59 Å². The van der Waals surface area contributed by atoms with E-state index in [2.05, 4.69) is 6.58 Å². The summed E-state index contributed by atoms with van der Waals surface area (Å²) in [6.07, 6.45) is 0. The third kappa shape index (κ3) is 5.31. The lowest BCUT2D eigenvalue weighted by atomic mass is 10.0. The van der Waals surface area contributed by atoms with Gasteiger partial charge in [0.2, 0.25) is 0 Å². The Morgan fingerprint density at radius 3 is 2.16 bits per heavy atom. The van der Waals surface area contributed by atoms with Crippen LogP contribution in [-0.4, -0.2) is 36.3 Å². The van der Waals surface area contributed by atoms with Crippen LogP contribution in [0.2, 0.25) is 0 Å². The summed E-state index contributed by atoms with van der Waals surface area (Å²) in [6, 6.07) is 15.9. The highest BCUT2D eigenvalue weighted by atomic mass is 16.5. The molecule has 0 saturated heterocycles. The Bertz CT molecular complexity index is 735. The molecular weight excluding hydrogens is 314 g/mol. The van der Waals surface area contributed by atoms with Crippen molar-refractivity contribution in [2.24, 2.45) is 0 Å². The van der Waals surface area contributed by atoms with Crippen molar-refractivity contribution in [2.75, 3.05) is 19.7 Å². The number of nitrogens with zero attached hydrogens (tertiary/aromatic N) is 1. The molecule has 4 nitrogen and oxygen atoms in total. The van der Waals surface area contributed by atoms with Gasteiger partial charge in [0, 0.05) is 24.2 Å². The first kappa shape index (κ1) is 18.5. The molecule has 2 rings (SSSR count). The van der Waals surface area contributed by atoms with E-state index in [1.54, 1.807) is 41.3 Å². The van der Waals surface area contributed by atoms with E-state index >= 15 is 0 Å². The summed E-state index contributed by atoms with van der Waals surface area (Å²) < 4.78 is 5.54. The summed E-state index contributed by atoms with van der Waals surface area (Å²) >= 11 is 0. The van der Waals surface area contributed by atoms with Gasteiger partial charge < -0.3 is 9.64 Å². The van der Waals surface area contributed by atoms with Crippen molar-refractivity contribution in [3.05, 3.63) is 77.9 Å². The number of rotatable bonds is 8. The first-order valence-electron chi connectivity index (χ1n) is 8.26. The van der Waals surface area contributed by atoms with Gasteiger partial charge in [0.1, 0.15) is 5.75 Å². The van der Waals surface area contributed by atoms with E-state index in [0.717, 1.165) is 5.57 Å². The van der Waals surface area contributed by atoms with Crippen LogP contribution >= 0.6 is 0 Å². The smallest absolute Gasteiger partial charge is 0.260 e. The standard InChI is InChI=1S/C21H23NO3/c1-4-22(14-16(2)3)20(23)15-25-19-12-10-18(11-13-19)21(24)17-8-6-5-7-9-17/h5-13H,2,4,14-15H2,1,3H3. The van der Waals surface area contributed by atoms with Crippen LogP contribution in [0.4, 0.5) is 0 Å². The van der Waals surface area contributed by atoms with Gasteiger partial charge >= 0.3 is 0 Å². The highest BCUT2D eigenvalue weighted by Gasteiger charge is 2.13. The van der Waals surface area contributed by atoms with Crippen LogP contribution < -0.4 is 4.74 Å². The Balaban J connectivity index is 1.95. The topological polar surface area (TPSA) is 46.6 Å². The molecule has 25 heavy (non-hydrogen) atoms. The molecule has 2 aromatic carbocycles. The summed E-state index contributed by atoms with van der Waals surface area (Å²) in [5.41, 5.74) is 2.16. The summed E-state index contributed by atoms with van der Waals surface area (Å²) in [7, 11) is 0. The minimum atomic E-state index is -0.0880. The van der Waals surface area contributed by atoms with E-state index in [0.29, 0.717) is 30.0 Å². The fourth-order valence-corrected chi connectivity index (χ4v) is 2.40. The maximum Gasteiger partial charge on any atom is 0.260 e. The van der Waals surface area contributed by atoms with E-state index in [9.17, 15) is 9.59 Å². The van der Waals surface area contributed by atoms with Crippen molar-refractivity contribution in [3.63, 3.8) is 0 Å². The molecule has 0 heterocycles. The number of carbonyl (C=O) groups is 2. The number of ketones is 1. The predicted molar refractivity (Wildman–Crippen MR) is 98.9 cm³/mol. The molecule has 0 radical (unpaired) electrons. The van der Waals surface area contributed by atoms with Crippen LogP contribution in [0.25, 0.3) is 0 Å². The molecule has 0 aliphatic carbocycles. The number of hydrogen-bond donors (Lipinski definition) is 0. The second kappa shape index (κ2) is 8.83. The zero-order valence-electron chi connectivity index (χ0n) is 14.7. The maximum absolute atomic E-state index is 12.3. The average Bonchev–Trinajstić information content (AvgIpc) is 2.64. The lowest BCUT2D eigenvalue weighted by Gasteiger charge is -2.21.